The third-order valence-electron chi connectivity index (χ3n) is 4.33. The van der Waals surface area contributed by atoms with E-state index in [0.717, 1.165) is 28.4 Å². The average Bonchev–Trinajstić information content (AvgIpc) is 3.22. The number of carbonyl (C=O) groups excluding carboxylic acids is 1. The minimum absolute atomic E-state index is 0.253. The Bertz CT molecular complexity index is 828. The lowest BCUT2D eigenvalue weighted by Crippen LogP contribution is -2.28. The molecule has 1 atom stereocenters. The van der Waals surface area contributed by atoms with Crippen molar-refractivity contribution < 1.29 is 28.5 Å². The zero-order valence-electron chi connectivity index (χ0n) is 16.8. The fraction of sp³-hybridized carbons (Fsp3) is 0.348. The molecule has 154 valence electrons. The van der Waals surface area contributed by atoms with Gasteiger partial charge in [0.15, 0.2) is 17.6 Å². The second-order valence-electron chi connectivity index (χ2n) is 6.34. The largest absolute Gasteiger partial charge is 0.490 e. The van der Waals surface area contributed by atoms with Crippen molar-refractivity contribution in [2.45, 2.75) is 26.4 Å². The van der Waals surface area contributed by atoms with Crippen LogP contribution < -0.4 is 14.2 Å². The van der Waals surface area contributed by atoms with E-state index in [1.54, 1.807) is 6.92 Å². The molecule has 1 aliphatic heterocycles. The van der Waals surface area contributed by atoms with E-state index in [-0.39, 0.29) is 12.8 Å². The average molecular weight is 398 g/mol. The van der Waals surface area contributed by atoms with Crippen LogP contribution in [0.4, 0.5) is 0 Å². The van der Waals surface area contributed by atoms with Crippen LogP contribution in [-0.2, 0) is 20.7 Å². The van der Waals surface area contributed by atoms with Gasteiger partial charge in [-0.25, -0.2) is 4.79 Å². The molecule has 0 radical (unpaired) electrons. The molecule has 0 amide bonds. The zero-order chi connectivity index (χ0) is 20.5. The molecule has 0 N–H and O–H groups in total. The first-order valence-electron chi connectivity index (χ1n) is 9.76. The van der Waals surface area contributed by atoms with Crippen LogP contribution in [0, 0.1) is 0 Å². The Hall–Kier alpha value is -2.99. The molecule has 1 heterocycles. The van der Waals surface area contributed by atoms with Gasteiger partial charge >= 0.3 is 5.97 Å². The minimum atomic E-state index is -0.589. The molecular formula is C23H26O6. The maximum absolute atomic E-state index is 12.0. The Morgan fingerprint density at radius 1 is 1.10 bits per heavy atom. The van der Waals surface area contributed by atoms with E-state index in [9.17, 15) is 4.79 Å². The monoisotopic (exact) mass is 398 g/mol. The molecule has 0 spiro atoms. The highest BCUT2D eigenvalue weighted by atomic mass is 16.7. The SMILES string of the molecule is CCOC(=O)[C@H](Cc1ccc(OC/C=C/c2cccc3c2OCO3)cc1)OCC. The van der Waals surface area contributed by atoms with E-state index in [4.69, 9.17) is 23.7 Å². The van der Waals surface area contributed by atoms with Gasteiger partial charge in [-0.3, -0.25) is 0 Å². The van der Waals surface area contributed by atoms with Gasteiger partial charge in [0, 0.05) is 18.6 Å². The summed E-state index contributed by atoms with van der Waals surface area (Å²) in [4.78, 5) is 12.0. The molecule has 0 aliphatic carbocycles. The summed E-state index contributed by atoms with van der Waals surface area (Å²) in [5, 5.41) is 0. The van der Waals surface area contributed by atoms with Crippen molar-refractivity contribution in [1.82, 2.24) is 0 Å². The highest BCUT2D eigenvalue weighted by molar-refractivity contribution is 5.75. The van der Waals surface area contributed by atoms with Gasteiger partial charge in [-0.2, -0.15) is 0 Å². The van der Waals surface area contributed by atoms with Crippen LogP contribution in [0.5, 0.6) is 17.2 Å². The molecule has 0 saturated heterocycles. The van der Waals surface area contributed by atoms with Gasteiger partial charge in [0.25, 0.3) is 0 Å². The van der Waals surface area contributed by atoms with Gasteiger partial charge in [-0.05, 0) is 43.7 Å². The Morgan fingerprint density at radius 3 is 2.69 bits per heavy atom. The number of fused-ring (bicyclic) bond motifs is 1. The van der Waals surface area contributed by atoms with Gasteiger partial charge in [0.2, 0.25) is 6.79 Å². The predicted molar refractivity (Wildman–Crippen MR) is 109 cm³/mol. The number of esters is 1. The molecule has 3 rings (SSSR count). The van der Waals surface area contributed by atoms with Gasteiger partial charge in [0.05, 0.1) is 6.61 Å². The Morgan fingerprint density at radius 2 is 1.93 bits per heavy atom. The minimum Gasteiger partial charge on any atom is -0.490 e. The van der Waals surface area contributed by atoms with E-state index < -0.39 is 6.10 Å². The molecule has 29 heavy (non-hydrogen) atoms. The summed E-state index contributed by atoms with van der Waals surface area (Å²) in [6.07, 6.45) is 3.76. The second-order valence-corrected chi connectivity index (χ2v) is 6.34. The fourth-order valence-electron chi connectivity index (χ4n) is 2.99. The normalized spacial score (nSPS) is 13.4. The summed E-state index contributed by atoms with van der Waals surface area (Å²) >= 11 is 0. The maximum Gasteiger partial charge on any atom is 0.335 e. The number of benzene rings is 2. The molecule has 0 saturated carbocycles. The van der Waals surface area contributed by atoms with Crippen molar-refractivity contribution in [1.29, 1.82) is 0 Å². The van der Waals surface area contributed by atoms with Crippen LogP contribution in [-0.4, -0.2) is 38.7 Å². The second kappa shape index (κ2) is 10.5. The standard InChI is InChI=1S/C23H26O6/c1-3-25-21(23(24)26-4-2)15-17-10-12-19(13-11-17)27-14-6-8-18-7-5-9-20-22(18)29-16-28-20/h5-13,21H,3-4,14-16H2,1-2H3/b8-6+/t21-/m0/s1. The van der Waals surface area contributed by atoms with E-state index >= 15 is 0 Å². The topological polar surface area (TPSA) is 63.2 Å². The fourth-order valence-corrected chi connectivity index (χ4v) is 2.99. The number of para-hydroxylation sites is 1. The molecular weight excluding hydrogens is 372 g/mol. The van der Waals surface area contributed by atoms with Crippen molar-refractivity contribution >= 4 is 12.0 Å². The lowest BCUT2D eigenvalue weighted by Gasteiger charge is -2.15. The van der Waals surface area contributed by atoms with E-state index in [1.165, 1.54) is 0 Å². The molecule has 6 heteroatoms. The Labute approximate surface area is 171 Å². The van der Waals surface area contributed by atoms with Crippen LogP contribution in [0.1, 0.15) is 25.0 Å². The molecule has 2 aromatic carbocycles. The highest BCUT2D eigenvalue weighted by Crippen LogP contribution is 2.35. The Kier molecular flexibility index (Phi) is 7.53. The van der Waals surface area contributed by atoms with Crippen molar-refractivity contribution in [3.63, 3.8) is 0 Å². The van der Waals surface area contributed by atoms with Gasteiger partial charge < -0.3 is 23.7 Å². The highest BCUT2D eigenvalue weighted by Gasteiger charge is 2.20. The maximum atomic E-state index is 12.0. The molecule has 0 aromatic heterocycles. The van der Waals surface area contributed by atoms with Crippen LogP contribution in [0.15, 0.2) is 48.5 Å². The number of hydrogen-bond donors (Lipinski definition) is 0. The van der Waals surface area contributed by atoms with E-state index in [0.29, 0.717) is 26.2 Å². The Balaban J connectivity index is 1.51. The molecule has 6 nitrogen and oxygen atoms in total. The van der Waals surface area contributed by atoms with E-state index in [2.05, 4.69) is 0 Å². The quantitative estimate of drug-likeness (QED) is 0.564. The lowest BCUT2D eigenvalue weighted by molar-refractivity contribution is -0.156. The number of carbonyl (C=O) groups is 1. The third-order valence-corrected chi connectivity index (χ3v) is 4.33. The van der Waals surface area contributed by atoms with Gasteiger partial charge in [-0.15, -0.1) is 0 Å². The first-order valence-corrected chi connectivity index (χ1v) is 9.76. The van der Waals surface area contributed by atoms with Gasteiger partial charge in [-0.1, -0.05) is 30.3 Å². The summed E-state index contributed by atoms with van der Waals surface area (Å²) in [5.74, 6) is 1.94. The lowest BCUT2D eigenvalue weighted by atomic mass is 10.1. The summed E-state index contributed by atoms with van der Waals surface area (Å²) in [5.41, 5.74) is 1.94. The van der Waals surface area contributed by atoms with Crippen molar-refractivity contribution in [2.24, 2.45) is 0 Å². The number of ether oxygens (including phenoxy) is 5. The third kappa shape index (κ3) is 5.74. The van der Waals surface area contributed by atoms with Crippen LogP contribution in [0.25, 0.3) is 6.08 Å². The molecule has 0 bridgehead atoms. The van der Waals surface area contributed by atoms with Crippen molar-refractivity contribution in [3.8, 4) is 17.2 Å². The zero-order valence-corrected chi connectivity index (χ0v) is 16.8. The van der Waals surface area contributed by atoms with Crippen LogP contribution >= 0.6 is 0 Å². The summed E-state index contributed by atoms with van der Waals surface area (Å²) in [7, 11) is 0. The van der Waals surface area contributed by atoms with Crippen LogP contribution in [0.3, 0.4) is 0 Å². The van der Waals surface area contributed by atoms with E-state index in [1.807, 2.05) is 61.5 Å². The molecule has 1 aliphatic rings. The van der Waals surface area contributed by atoms with Crippen molar-refractivity contribution in [3.05, 3.63) is 59.7 Å². The first-order chi connectivity index (χ1) is 14.2. The number of hydrogen-bond acceptors (Lipinski definition) is 6. The van der Waals surface area contributed by atoms with Gasteiger partial charge in [0.1, 0.15) is 12.4 Å². The molecule has 0 fully saturated rings. The van der Waals surface area contributed by atoms with Crippen LogP contribution in [0.2, 0.25) is 0 Å². The molecule has 2 aromatic rings. The summed E-state index contributed by atoms with van der Waals surface area (Å²) in [6, 6.07) is 13.4. The summed E-state index contributed by atoms with van der Waals surface area (Å²) in [6.45, 7) is 5.12. The smallest absolute Gasteiger partial charge is 0.335 e. The number of rotatable bonds is 10. The predicted octanol–water partition coefficient (Wildman–Crippen LogP) is 4.02. The molecule has 0 unspecified atom stereocenters. The summed E-state index contributed by atoms with van der Waals surface area (Å²) < 4.78 is 27.2. The van der Waals surface area contributed by atoms with Crippen molar-refractivity contribution in [2.75, 3.05) is 26.6 Å². The first kappa shape index (κ1) is 20.7.